The van der Waals surface area contributed by atoms with Crippen LogP contribution in [0.4, 0.5) is 0 Å². The molecule has 8 nitrogen and oxygen atoms in total. The molecule has 0 bridgehead atoms. The van der Waals surface area contributed by atoms with Crippen LogP contribution in [0.25, 0.3) is 0 Å². The van der Waals surface area contributed by atoms with Crippen molar-refractivity contribution < 1.29 is 39.4 Å². The lowest BCUT2D eigenvalue weighted by molar-refractivity contribution is -0.301. The van der Waals surface area contributed by atoms with Gasteiger partial charge in [-0.1, -0.05) is 27.7 Å². The number of hydrogen-bond donors (Lipinski definition) is 4. The molecule has 0 aromatic heterocycles. The van der Waals surface area contributed by atoms with Gasteiger partial charge < -0.3 is 39.4 Å². The standard InChI is InChI=1S/C32H52O8/c1-16-7-10-32(38-14-16)17(2)26-24(40-32)12-21-19-6-5-18-11-22(33)25(39-29-28(36)27(35)23(34)15-37-29)13-31(18,4)20(19)8-9-30(21,26)3/h16-29,33-36H,5-15H2,1-4H3/t16?,17?,18-,19?,20?,21?,22?,23-,24?,25+,26?,27-,28-,29+,30+,31+,32?/m1/s1. The maximum Gasteiger partial charge on any atom is 0.186 e. The van der Waals surface area contributed by atoms with Crippen LogP contribution >= 0.6 is 0 Å². The lowest BCUT2D eigenvalue weighted by Crippen LogP contribution is -2.59. The summed E-state index contributed by atoms with van der Waals surface area (Å²) in [5.74, 6) is 3.52. The molecule has 3 heterocycles. The lowest BCUT2D eigenvalue weighted by Gasteiger charge is -2.62. The van der Waals surface area contributed by atoms with Crippen LogP contribution in [-0.2, 0) is 18.9 Å². The van der Waals surface area contributed by atoms with Crippen LogP contribution in [0.15, 0.2) is 0 Å². The normalized spacial score (nSPS) is 61.5. The molecule has 228 valence electrons. The van der Waals surface area contributed by atoms with E-state index in [4.69, 9.17) is 18.9 Å². The van der Waals surface area contributed by atoms with Crippen molar-refractivity contribution in [2.45, 2.75) is 134 Å². The molecule has 7 aliphatic rings. The zero-order chi connectivity index (χ0) is 28.2. The van der Waals surface area contributed by atoms with E-state index in [1.54, 1.807) is 0 Å². The highest BCUT2D eigenvalue weighted by Gasteiger charge is 2.69. The van der Waals surface area contributed by atoms with Gasteiger partial charge in [-0.15, -0.1) is 0 Å². The van der Waals surface area contributed by atoms with E-state index in [2.05, 4.69) is 27.7 Å². The Morgan fingerprint density at radius 1 is 0.800 bits per heavy atom. The molecule has 0 amide bonds. The number of aliphatic hydroxyl groups excluding tert-OH is 4. The van der Waals surface area contributed by atoms with Gasteiger partial charge in [0.2, 0.25) is 0 Å². The van der Waals surface area contributed by atoms with Crippen LogP contribution < -0.4 is 0 Å². The summed E-state index contributed by atoms with van der Waals surface area (Å²) in [5, 5.41) is 41.6. The summed E-state index contributed by atoms with van der Waals surface area (Å²) in [6.07, 6.45) is 3.91. The Balaban J connectivity index is 1.09. The van der Waals surface area contributed by atoms with Crippen LogP contribution in [0.1, 0.15) is 85.5 Å². The molecule has 8 heteroatoms. The van der Waals surface area contributed by atoms with Crippen molar-refractivity contribution in [3.63, 3.8) is 0 Å². The van der Waals surface area contributed by atoms with Crippen molar-refractivity contribution >= 4 is 0 Å². The van der Waals surface area contributed by atoms with E-state index in [1.807, 2.05) is 0 Å². The first-order valence-electron chi connectivity index (χ1n) is 16.3. The predicted octanol–water partition coefficient (Wildman–Crippen LogP) is 3.23. The number of fused-ring (bicyclic) bond motifs is 7. The molecule has 0 radical (unpaired) electrons. The van der Waals surface area contributed by atoms with Gasteiger partial charge in [0.05, 0.1) is 31.5 Å². The van der Waals surface area contributed by atoms with Crippen molar-refractivity contribution in [1.29, 1.82) is 0 Å². The number of ether oxygens (including phenoxy) is 4. The number of aliphatic hydroxyl groups is 4. The summed E-state index contributed by atoms with van der Waals surface area (Å²) in [4.78, 5) is 0. The molecule has 1 spiro atoms. The molecule has 4 N–H and O–H groups in total. The fourth-order valence-electron chi connectivity index (χ4n) is 11.5. The van der Waals surface area contributed by atoms with Gasteiger partial charge in [-0.2, -0.15) is 0 Å². The number of rotatable bonds is 2. The van der Waals surface area contributed by atoms with Gasteiger partial charge >= 0.3 is 0 Å². The van der Waals surface area contributed by atoms with Gasteiger partial charge in [-0.25, -0.2) is 0 Å². The van der Waals surface area contributed by atoms with Crippen molar-refractivity contribution in [2.75, 3.05) is 13.2 Å². The van der Waals surface area contributed by atoms with E-state index < -0.39 is 36.8 Å². The average Bonchev–Trinajstić information content (AvgIpc) is 3.36. The summed E-state index contributed by atoms with van der Waals surface area (Å²) >= 11 is 0. The van der Waals surface area contributed by atoms with Gasteiger partial charge in [-0.3, -0.25) is 0 Å². The van der Waals surface area contributed by atoms with Crippen LogP contribution in [0.2, 0.25) is 0 Å². The van der Waals surface area contributed by atoms with Crippen LogP contribution in [-0.4, -0.2) is 82.3 Å². The molecule has 9 unspecified atom stereocenters. The average molecular weight is 565 g/mol. The molecule has 3 saturated heterocycles. The SMILES string of the molecule is CC1CCC2(OC1)OC1CC3C4CC[C@@H]5CC(O)[C@@H](O[C@@H]6OC[C@@H](O)[C@@H](O)[C@H]6O)C[C@]5(C)C4CC[C@]3(C)C1C2C. The Bertz CT molecular complexity index is 953. The largest absolute Gasteiger partial charge is 0.390 e. The maximum absolute atomic E-state index is 11.1. The van der Waals surface area contributed by atoms with Crippen molar-refractivity contribution in [3.8, 4) is 0 Å². The fraction of sp³-hybridized carbons (Fsp3) is 1.00. The van der Waals surface area contributed by atoms with Gasteiger partial charge in [-0.05, 0) is 97.7 Å². The molecule has 7 rings (SSSR count). The van der Waals surface area contributed by atoms with E-state index >= 15 is 0 Å². The molecule has 4 aliphatic carbocycles. The molecular formula is C32H52O8. The highest BCUT2D eigenvalue weighted by molar-refractivity contribution is 5.16. The molecular weight excluding hydrogens is 512 g/mol. The second-order valence-electron chi connectivity index (χ2n) is 15.6. The summed E-state index contributed by atoms with van der Waals surface area (Å²) in [7, 11) is 0. The summed E-state index contributed by atoms with van der Waals surface area (Å²) in [6, 6.07) is 0. The van der Waals surface area contributed by atoms with E-state index in [9.17, 15) is 20.4 Å². The smallest absolute Gasteiger partial charge is 0.186 e. The maximum atomic E-state index is 11.1. The first kappa shape index (κ1) is 28.5. The van der Waals surface area contributed by atoms with E-state index in [-0.39, 0.29) is 23.2 Å². The molecule has 4 saturated carbocycles. The van der Waals surface area contributed by atoms with Crippen molar-refractivity contribution in [1.82, 2.24) is 0 Å². The highest BCUT2D eigenvalue weighted by Crippen LogP contribution is 2.71. The summed E-state index contributed by atoms with van der Waals surface area (Å²) < 4.78 is 25.2. The van der Waals surface area contributed by atoms with Crippen LogP contribution in [0, 0.1) is 52.3 Å². The Hall–Kier alpha value is -0.320. The third-order valence-electron chi connectivity index (χ3n) is 13.7. The number of hydrogen-bond acceptors (Lipinski definition) is 8. The molecule has 7 fully saturated rings. The van der Waals surface area contributed by atoms with Crippen LogP contribution in [0.3, 0.4) is 0 Å². The Labute approximate surface area is 239 Å². The Morgan fingerprint density at radius 3 is 2.35 bits per heavy atom. The Morgan fingerprint density at radius 2 is 1.60 bits per heavy atom. The lowest BCUT2D eigenvalue weighted by atomic mass is 9.44. The zero-order valence-corrected chi connectivity index (χ0v) is 24.8. The van der Waals surface area contributed by atoms with Gasteiger partial charge in [0.25, 0.3) is 0 Å². The quantitative estimate of drug-likeness (QED) is 0.378. The van der Waals surface area contributed by atoms with Crippen molar-refractivity contribution in [3.05, 3.63) is 0 Å². The summed E-state index contributed by atoms with van der Waals surface area (Å²) in [5.41, 5.74) is 0.311. The minimum atomic E-state index is -1.34. The third kappa shape index (κ3) is 4.06. The third-order valence-corrected chi connectivity index (χ3v) is 13.7. The highest BCUT2D eigenvalue weighted by atomic mass is 16.7. The minimum Gasteiger partial charge on any atom is -0.390 e. The van der Waals surface area contributed by atoms with E-state index in [1.165, 1.54) is 25.7 Å². The Kier molecular flexibility index (Phi) is 7.00. The van der Waals surface area contributed by atoms with Gasteiger partial charge in [0.15, 0.2) is 12.1 Å². The zero-order valence-electron chi connectivity index (χ0n) is 24.8. The topological polar surface area (TPSA) is 118 Å². The van der Waals surface area contributed by atoms with Gasteiger partial charge in [0, 0.05) is 12.3 Å². The minimum absolute atomic E-state index is 0.0416. The predicted molar refractivity (Wildman–Crippen MR) is 146 cm³/mol. The van der Waals surface area contributed by atoms with E-state index in [0.717, 1.165) is 32.3 Å². The molecule has 17 atom stereocenters. The fourth-order valence-corrected chi connectivity index (χ4v) is 11.5. The molecule has 3 aliphatic heterocycles. The first-order valence-corrected chi connectivity index (χ1v) is 16.3. The van der Waals surface area contributed by atoms with Crippen molar-refractivity contribution in [2.24, 2.45) is 52.3 Å². The molecule has 0 aromatic rings. The second kappa shape index (κ2) is 9.85. The summed E-state index contributed by atoms with van der Waals surface area (Å²) in [6.45, 7) is 10.4. The first-order chi connectivity index (χ1) is 19.0. The molecule has 0 aromatic carbocycles. The molecule has 40 heavy (non-hydrogen) atoms. The van der Waals surface area contributed by atoms with Crippen LogP contribution in [0.5, 0.6) is 0 Å². The second-order valence-corrected chi connectivity index (χ2v) is 15.6. The van der Waals surface area contributed by atoms with Gasteiger partial charge in [0.1, 0.15) is 18.3 Å². The van der Waals surface area contributed by atoms with E-state index in [0.29, 0.717) is 54.0 Å². The monoisotopic (exact) mass is 564 g/mol.